The van der Waals surface area contributed by atoms with Crippen LogP contribution in [0, 0.1) is 6.92 Å². The van der Waals surface area contributed by atoms with Crippen LogP contribution in [0.2, 0.25) is 0 Å². The number of aryl methyl sites for hydroxylation is 1. The summed E-state index contributed by atoms with van der Waals surface area (Å²) in [6.45, 7) is 7.34. The predicted octanol–water partition coefficient (Wildman–Crippen LogP) is 1.18. The summed E-state index contributed by atoms with van der Waals surface area (Å²) in [4.78, 5) is 14.5. The summed E-state index contributed by atoms with van der Waals surface area (Å²) in [5, 5.41) is 15.7. The normalized spacial score (nSPS) is 15.5. The molecule has 0 radical (unpaired) electrons. The van der Waals surface area contributed by atoms with Crippen molar-refractivity contribution in [2.75, 3.05) is 26.2 Å². The molecule has 1 aromatic carbocycles. The molecule has 1 aliphatic heterocycles. The van der Waals surface area contributed by atoms with Gasteiger partial charge in [0.1, 0.15) is 5.01 Å². The zero-order valence-electron chi connectivity index (χ0n) is 13.2. The minimum atomic E-state index is -0.158. The fraction of sp³-hybridized carbons (Fsp3) is 0.438. The van der Waals surface area contributed by atoms with Gasteiger partial charge >= 0.3 is 0 Å². The van der Waals surface area contributed by atoms with Gasteiger partial charge in [-0.1, -0.05) is 41.2 Å². The van der Waals surface area contributed by atoms with Crippen molar-refractivity contribution in [1.29, 1.82) is 0 Å². The molecule has 0 bridgehead atoms. The Balaban J connectivity index is 1.52. The topological polar surface area (TPSA) is 70.2 Å². The average Bonchev–Trinajstić information content (AvgIpc) is 3.03. The molecule has 1 saturated heterocycles. The summed E-state index contributed by atoms with van der Waals surface area (Å²) in [6, 6.07) is 8.12. The number of carbonyl (C=O) groups is 1. The first-order valence-corrected chi connectivity index (χ1v) is 8.61. The Bertz CT molecular complexity index is 649. The van der Waals surface area contributed by atoms with E-state index in [0.29, 0.717) is 11.6 Å². The van der Waals surface area contributed by atoms with Crippen LogP contribution in [0.15, 0.2) is 24.3 Å². The molecule has 0 saturated carbocycles. The fourth-order valence-electron chi connectivity index (χ4n) is 2.43. The Morgan fingerprint density at radius 1 is 1.26 bits per heavy atom. The molecular formula is C16H21N5OS. The van der Waals surface area contributed by atoms with Gasteiger partial charge in [-0.05, 0) is 12.5 Å². The monoisotopic (exact) mass is 331 g/mol. The first kappa shape index (κ1) is 16.0. The van der Waals surface area contributed by atoms with E-state index in [-0.39, 0.29) is 5.91 Å². The Labute approximate surface area is 139 Å². The van der Waals surface area contributed by atoms with E-state index in [1.54, 1.807) is 0 Å². The molecule has 0 aliphatic carbocycles. The van der Waals surface area contributed by atoms with Crippen molar-refractivity contribution in [3.8, 4) is 0 Å². The van der Waals surface area contributed by atoms with Gasteiger partial charge in [-0.15, -0.1) is 10.2 Å². The smallest absolute Gasteiger partial charge is 0.282 e. The molecule has 2 aromatic rings. The third kappa shape index (κ3) is 4.57. The van der Waals surface area contributed by atoms with E-state index in [9.17, 15) is 4.79 Å². The molecule has 1 amide bonds. The Morgan fingerprint density at radius 2 is 2.00 bits per heavy atom. The molecule has 3 rings (SSSR count). The highest BCUT2D eigenvalue weighted by Gasteiger charge is 2.16. The van der Waals surface area contributed by atoms with Gasteiger partial charge in [0, 0.05) is 32.7 Å². The minimum absolute atomic E-state index is 0.158. The highest BCUT2D eigenvalue weighted by atomic mass is 32.1. The van der Waals surface area contributed by atoms with Gasteiger partial charge in [0.25, 0.3) is 5.91 Å². The average molecular weight is 331 g/mol. The zero-order chi connectivity index (χ0) is 16.1. The number of carbonyl (C=O) groups excluding carboxylic acids is 1. The number of rotatable bonds is 5. The Hall–Kier alpha value is -1.83. The fourth-order valence-corrected chi connectivity index (χ4v) is 3.23. The van der Waals surface area contributed by atoms with E-state index in [2.05, 4.69) is 25.7 Å². The number of amides is 1. The Kier molecular flexibility index (Phi) is 5.32. The van der Waals surface area contributed by atoms with Crippen molar-refractivity contribution in [2.24, 2.45) is 0 Å². The molecule has 7 heteroatoms. The molecule has 0 spiro atoms. The first-order valence-electron chi connectivity index (χ1n) is 7.80. The third-order valence-corrected chi connectivity index (χ3v) is 4.71. The lowest BCUT2D eigenvalue weighted by Gasteiger charge is -2.25. The molecule has 0 atom stereocenters. The summed E-state index contributed by atoms with van der Waals surface area (Å²) >= 11 is 1.38. The maximum absolute atomic E-state index is 12.2. The van der Waals surface area contributed by atoms with Crippen molar-refractivity contribution in [1.82, 2.24) is 25.7 Å². The number of aromatic nitrogens is 2. The van der Waals surface area contributed by atoms with Gasteiger partial charge in [-0.2, -0.15) is 0 Å². The lowest BCUT2D eigenvalue weighted by atomic mass is 10.1. The van der Waals surface area contributed by atoms with Gasteiger partial charge in [0.2, 0.25) is 5.01 Å². The molecule has 1 aliphatic rings. The van der Waals surface area contributed by atoms with E-state index in [0.717, 1.165) is 43.3 Å². The van der Waals surface area contributed by atoms with Gasteiger partial charge < -0.3 is 10.6 Å². The lowest BCUT2D eigenvalue weighted by Crippen LogP contribution is -2.42. The predicted molar refractivity (Wildman–Crippen MR) is 90.4 cm³/mol. The van der Waals surface area contributed by atoms with Crippen molar-refractivity contribution in [3.63, 3.8) is 0 Å². The first-order chi connectivity index (χ1) is 11.2. The number of nitrogens with zero attached hydrogens (tertiary/aromatic N) is 3. The minimum Gasteiger partial charge on any atom is -0.346 e. The van der Waals surface area contributed by atoms with Gasteiger partial charge in [-0.25, -0.2) is 0 Å². The number of nitrogens with one attached hydrogen (secondary N) is 2. The number of hydrogen-bond acceptors (Lipinski definition) is 6. The Morgan fingerprint density at radius 3 is 2.74 bits per heavy atom. The van der Waals surface area contributed by atoms with E-state index < -0.39 is 0 Å². The third-order valence-electron chi connectivity index (χ3n) is 3.80. The van der Waals surface area contributed by atoms with Crippen LogP contribution in [0.1, 0.15) is 25.9 Å². The second-order valence-electron chi connectivity index (χ2n) is 5.70. The van der Waals surface area contributed by atoms with Crippen LogP contribution < -0.4 is 10.6 Å². The number of hydrogen-bond donors (Lipinski definition) is 2. The maximum atomic E-state index is 12.2. The summed E-state index contributed by atoms with van der Waals surface area (Å²) in [7, 11) is 0. The lowest BCUT2D eigenvalue weighted by molar-refractivity contribution is 0.0950. The molecule has 2 heterocycles. The highest BCUT2D eigenvalue weighted by Crippen LogP contribution is 2.13. The van der Waals surface area contributed by atoms with Gasteiger partial charge in [-0.3, -0.25) is 9.69 Å². The van der Waals surface area contributed by atoms with E-state index in [4.69, 9.17) is 0 Å². The summed E-state index contributed by atoms with van der Waals surface area (Å²) in [5.41, 5.74) is 2.29. The van der Waals surface area contributed by atoms with E-state index in [1.165, 1.54) is 16.9 Å². The molecule has 1 fully saturated rings. The van der Waals surface area contributed by atoms with E-state index >= 15 is 0 Å². The molecule has 2 N–H and O–H groups in total. The molecule has 0 unspecified atom stereocenters. The highest BCUT2D eigenvalue weighted by molar-refractivity contribution is 7.13. The summed E-state index contributed by atoms with van der Waals surface area (Å²) in [5.74, 6) is -0.158. The van der Waals surface area contributed by atoms with Crippen molar-refractivity contribution < 1.29 is 4.79 Å². The summed E-state index contributed by atoms with van der Waals surface area (Å²) in [6.07, 6.45) is 0. The molecule has 6 nitrogen and oxygen atoms in total. The van der Waals surface area contributed by atoms with Gasteiger partial charge in [0.05, 0.1) is 6.54 Å². The second-order valence-corrected chi connectivity index (χ2v) is 6.76. The SMILES string of the molecule is Cc1ccc(CNC(=O)c2nnc(CN3CCNCC3)s2)cc1. The van der Waals surface area contributed by atoms with Crippen LogP contribution in [-0.2, 0) is 13.1 Å². The van der Waals surface area contributed by atoms with Crippen LogP contribution in [0.4, 0.5) is 0 Å². The summed E-state index contributed by atoms with van der Waals surface area (Å²) < 4.78 is 0. The molecular weight excluding hydrogens is 310 g/mol. The van der Waals surface area contributed by atoms with Crippen molar-refractivity contribution in [2.45, 2.75) is 20.0 Å². The number of piperazine rings is 1. The van der Waals surface area contributed by atoms with Crippen LogP contribution in [-0.4, -0.2) is 47.2 Å². The van der Waals surface area contributed by atoms with Crippen LogP contribution >= 0.6 is 11.3 Å². The number of benzene rings is 1. The zero-order valence-corrected chi connectivity index (χ0v) is 14.0. The maximum Gasteiger partial charge on any atom is 0.282 e. The molecule has 1 aromatic heterocycles. The van der Waals surface area contributed by atoms with Crippen LogP contribution in [0.3, 0.4) is 0 Å². The van der Waals surface area contributed by atoms with Crippen LogP contribution in [0.5, 0.6) is 0 Å². The van der Waals surface area contributed by atoms with Gasteiger partial charge in [0.15, 0.2) is 0 Å². The molecule has 23 heavy (non-hydrogen) atoms. The van der Waals surface area contributed by atoms with Crippen molar-refractivity contribution >= 4 is 17.2 Å². The standard InChI is InChI=1S/C16H21N5OS/c1-12-2-4-13(5-3-12)10-18-15(22)16-20-19-14(23-16)11-21-8-6-17-7-9-21/h2-5,17H,6-11H2,1H3,(H,18,22). The quantitative estimate of drug-likeness (QED) is 0.861. The van der Waals surface area contributed by atoms with E-state index in [1.807, 2.05) is 31.2 Å². The second kappa shape index (κ2) is 7.63. The van der Waals surface area contributed by atoms with Crippen LogP contribution in [0.25, 0.3) is 0 Å². The van der Waals surface area contributed by atoms with Crippen molar-refractivity contribution in [3.05, 3.63) is 45.4 Å². The molecule has 122 valence electrons. The largest absolute Gasteiger partial charge is 0.346 e.